The van der Waals surface area contributed by atoms with E-state index in [1.165, 1.54) is 0 Å². The van der Waals surface area contributed by atoms with E-state index in [1.807, 2.05) is 13.8 Å². The molecule has 0 aromatic carbocycles. The summed E-state index contributed by atoms with van der Waals surface area (Å²) in [4.78, 5) is 10.5. The van der Waals surface area contributed by atoms with Gasteiger partial charge >= 0.3 is 5.97 Å². The third-order valence-corrected chi connectivity index (χ3v) is 3.81. The zero-order valence-corrected chi connectivity index (χ0v) is 10.2. The molecule has 0 saturated carbocycles. The molecule has 6 heteroatoms. The second kappa shape index (κ2) is 6.07. The Bertz CT molecular complexity index is 297. The van der Waals surface area contributed by atoms with Crippen LogP contribution in [0, 0.1) is 5.92 Å². The second-order valence-electron chi connectivity index (χ2n) is 3.96. The van der Waals surface area contributed by atoms with Crippen molar-refractivity contribution < 1.29 is 18.3 Å². The normalized spacial score (nSPS) is 14.1. The molecule has 0 aliphatic rings. The summed E-state index contributed by atoms with van der Waals surface area (Å²) in [6, 6.07) is 0. The van der Waals surface area contributed by atoms with Gasteiger partial charge in [0.2, 0.25) is 10.0 Å². The van der Waals surface area contributed by atoms with E-state index in [2.05, 4.69) is 4.72 Å². The van der Waals surface area contributed by atoms with Crippen molar-refractivity contribution in [1.29, 1.82) is 0 Å². The van der Waals surface area contributed by atoms with Crippen LogP contribution >= 0.6 is 0 Å². The van der Waals surface area contributed by atoms with E-state index in [-0.39, 0.29) is 0 Å². The maximum atomic E-state index is 11.3. The van der Waals surface area contributed by atoms with Crippen LogP contribution in [0.5, 0.6) is 0 Å². The van der Waals surface area contributed by atoms with Gasteiger partial charge in [-0.1, -0.05) is 13.8 Å². The fraction of sp³-hybridized carbons (Fsp3) is 0.889. The highest BCUT2D eigenvalue weighted by atomic mass is 32.2. The molecule has 1 atom stereocenters. The summed E-state index contributed by atoms with van der Waals surface area (Å²) in [6.07, 6.45) is 1.65. The Morgan fingerprint density at radius 2 is 1.87 bits per heavy atom. The predicted molar refractivity (Wildman–Crippen MR) is 58.1 cm³/mol. The molecule has 0 saturated heterocycles. The largest absolute Gasteiger partial charge is 0.480 e. The van der Waals surface area contributed by atoms with Crippen molar-refractivity contribution in [2.24, 2.45) is 5.92 Å². The van der Waals surface area contributed by atoms with Crippen LogP contribution < -0.4 is 4.72 Å². The molecule has 0 fully saturated rings. The lowest BCUT2D eigenvalue weighted by molar-refractivity contribution is -0.136. The van der Waals surface area contributed by atoms with Gasteiger partial charge in [0.25, 0.3) is 0 Å². The summed E-state index contributed by atoms with van der Waals surface area (Å²) in [5.41, 5.74) is 0. The molecule has 0 radical (unpaired) electrons. The Kier molecular flexibility index (Phi) is 5.82. The van der Waals surface area contributed by atoms with Crippen molar-refractivity contribution in [1.82, 2.24) is 4.72 Å². The van der Waals surface area contributed by atoms with Crippen LogP contribution in [0.25, 0.3) is 0 Å². The highest BCUT2D eigenvalue weighted by molar-refractivity contribution is 7.90. The molecule has 0 bridgehead atoms. The molecule has 1 unspecified atom stereocenters. The number of hydrogen-bond donors (Lipinski definition) is 2. The molecule has 5 nitrogen and oxygen atoms in total. The Labute approximate surface area is 90.9 Å². The number of nitrogens with one attached hydrogen (secondary N) is 1. The fourth-order valence-corrected chi connectivity index (χ4v) is 1.93. The zero-order chi connectivity index (χ0) is 12.1. The Hall–Kier alpha value is -0.620. The number of aliphatic carboxylic acids is 1. The van der Waals surface area contributed by atoms with Gasteiger partial charge in [-0.2, -0.15) is 0 Å². The predicted octanol–water partition coefficient (Wildman–Crippen LogP) is 0.815. The molecule has 0 amide bonds. The number of carboxylic acids is 1. The van der Waals surface area contributed by atoms with Crippen molar-refractivity contribution in [3.8, 4) is 0 Å². The van der Waals surface area contributed by atoms with Gasteiger partial charge in [-0.3, -0.25) is 4.79 Å². The van der Waals surface area contributed by atoms with Gasteiger partial charge in [-0.25, -0.2) is 13.1 Å². The number of hydrogen-bond acceptors (Lipinski definition) is 3. The van der Waals surface area contributed by atoms with E-state index in [9.17, 15) is 13.2 Å². The van der Waals surface area contributed by atoms with Gasteiger partial charge in [-0.15, -0.1) is 0 Å². The first-order chi connectivity index (χ1) is 6.77. The molecule has 0 aromatic rings. The average molecular weight is 237 g/mol. The molecule has 0 aliphatic carbocycles. The molecular weight excluding hydrogens is 218 g/mol. The van der Waals surface area contributed by atoms with E-state index in [1.54, 1.807) is 0 Å². The van der Waals surface area contributed by atoms with Gasteiger partial charge in [-0.05, 0) is 25.7 Å². The Morgan fingerprint density at radius 1 is 1.33 bits per heavy atom. The summed E-state index contributed by atoms with van der Waals surface area (Å²) < 4.78 is 24.9. The van der Waals surface area contributed by atoms with Crippen molar-refractivity contribution in [2.75, 3.05) is 6.54 Å². The van der Waals surface area contributed by atoms with E-state index >= 15 is 0 Å². The van der Waals surface area contributed by atoms with Crippen molar-refractivity contribution in [3.63, 3.8) is 0 Å². The van der Waals surface area contributed by atoms with Crippen molar-refractivity contribution in [3.05, 3.63) is 0 Å². The number of carbonyl (C=O) groups is 1. The average Bonchev–Trinajstić information content (AvgIpc) is 2.10. The van der Waals surface area contributed by atoms with Crippen LogP contribution in [0.3, 0.4) is 0 Å². The number of carboxylic acid groups (broad SMARTS) is 1. The molecule has 0 heterocycles. The van der Waals surface area contributed by atoms with Crippen molar-refractivity contribution in [2.45, 2.75) is 38.9 Å². The number of rotatable bonds is 7. The summed E-state index contributed by atoms with van der Waals surface area (Å²) in [5, 5.41) is 7.15. The summed E-state index contributed by atoms with van der Waals surface area (Å²) >= 11 is 0. The van der Waals surface area contributed by atoms with Gasteiger partial charge in [0.15, 0.2) is 5.25 Å². The van der Waals surface area contributed by atoms with E-state index in [0.717, 1.165) is 19.8 Å². The molecule has 2 N–H and O–H groups in total. The first kappa shape index (κ1) is 14.4. The summed E-state index contributed by atoms with van der Waals surface area (Å²) in [7, 11) is -3.71. The third kappa shape index (κ3) is 5.74. The standard InChI is InChI=1S/C9H19NO4S/c1-7(2)5-4-6-10-15(13,14)8(3)9(11)12/h7-8,10H,4-6H2,1-3H3,(H,11,12). The van der Waals surface area contributed by atoms with Crippen LogP contribution in [-0.2, 0) is 14.8 Å². The molecule has 0 aromatic heterocycles. The lowest BCUT2D eigenvalue weighted by atomic mass is 10.1. The van der Waals surface area contributed by atoms with Gasteiger partial charge in [0.1, 0.15) is 0 Å². The molecule has 90 valence electrons. The summed E-state index contributed by atoms with van der Waals surface area (Å²) in [5.74, 6) is -0.808. The van der Waals surface area contributed by atoms with Gasteiger partial charge in [0, 0.05) is 6.54 Å². The van der Waals surface area contributed by atoms with Gasteiger partial charge in [0.05, 0.1) is 0 Å². The first-order valence-electron chi connectivity index (χ1n) is 4.98. The van der Waals surface area contributed by atoms with E-state index in [0.29, 0.717) is 12.5 Å². The smallest absolute Gasteiger partial charge is 0.323 e. The van der Waals surface area contributed by atoms with Crippen LogP contribution in [-0.4, -0.2) is 31.3 Å². The second-order valence-corrected chi connectivity index (χ2v) is 6.04. The van der Waals surface area contributed by atoms with E-state index < -0.39 is 21.2 Å². The number of sulfonamides is 1. The molecule has 0 aliphatic heterocycles. The monoisotopic (exact) mass is 237 g/mol. The van der Waals surface area contributed by atoms with Crippen LogP contribution in [0.2, 0.25) is 0 Å². The van der Waals surface area contributed by atoms with Crippen molar-refractivity contribution >= 4 is 16.0 Å². The highest BCUT2D eigenvalue weighted by Crippen LogP contribution is 2.03. The minimum atomic E-state index is -3.71. The molecule has 0 rings (SSSR count). The third-order valence-electron chi connectivity index (χ3n) is 2.07. The topological polar surface area (TPSA) is 83.5 Å². The zero-order valence-electron chi connectivity index (χ0n) is 9.36. The molecular formula is C9H19NO4S. The lowest BCUT2D eigenvalue weighted by Crippen LogP contribution is -2.37. The molecule has 15 heavy (non-hydrogen) atoms. The Balaban J connectivity index is 4.01. The maximum absolute atomic E-state index is 11.3. The minimum absolute atomic E-state index is 0.304. The first-order valence-corrected chi connectivity index (χ1v) is 6.53. The Morgan fingerprint density at radius 3 is 2.27 bits per heavy atom. The fourth-order valence-electron chi connectivity index (χ4n) is 0.982. The van der Waals surface area contributed by atoms with Crippen LogP contribution in [0.4, 0.5) is 0 Å². The van der Waals surface area contributed by atoms with Crippen LogP contribution in [0.1, 0.15) is 33.6 Å². The maximum Gasteiger partial charge on any atom is 0.323 e. The minimum Gasteiger partial charge on any atom is -0.480 e. The van der Waals surface area contributed by atoms with Gasteiger partial charge < -0.3 is 5.11 Å². The van der Waals surface area contributed by atoms with E-state index in [4.69, 9.17) is 5.11 Å². The summed E-state index contributed by atoms with van der Waals surface area (Å²) in [6.45, 7) is 5.56. The molecule has 0 spiro atoms. The lowest BCUT2D eigenvalue weighted by Gasteiger charge is -2.10. The van der Waals surface area contributed by atoms with Crippen LogP contribution in [0.15, 0.2) is 0 Å². The highest BCUT2D eigenvalue weighted by Gasteiger charge is 2.26. The SMILES string of the molecule is CC(C)CCCNS(=O)(=O)C(C)C(=O)O. The quantitative estimate of drug-likeness (QED) is 0.642.